The van der Waals surface area contributed by atoms with Gasteiger partial charge in [0.2, 0.25) is 15.9 Å². The molecule has 0 aliphatic heterocycles. The first-order valence-corrected chi connectivity index (χ1v) is 22.7. The minimum Gasteiger partial charge on any atom is -0.406 e. The molecule has 1 unspecified atom stereocenters. The fraction of sp³-hybridized carbons (Fsp3) is 0.324. The standard InChI is InChI=1S/C37H44F3N3O6S3Si/c1-5-43(23-24-49-53(36(2,3)4,31-17-11-7-12-18-31)32-19-13-8-14-20-32)35(44)25-28(27-50-29-15-9-6-10-16-29)42-33-22-21-30(52(41,47)48)26-34(33)51(45,46)37(38,39)40/h6-22,26,28,42H,5,23-25,27H2,1-4H3,(H2,41,47,48). The maximum atomic E-state index is 13.9. The van der Waals surface area contributed by atoms with Crippen LogP contribution in [0.1, 0.15) is 34.1 Å². The zero-order valence-electron chi connectivity index (χ0n) is 29.8. The highest BCUT2D eigenvalue weighted by Crippen LogP contribution is 2.38. The number of nitrogens with two attached hydrogens (primary N) is 1. The Morgan fingerprint density at radius 2 is 1.40 bits per heavy atom. The predicted molar refractivity (Wildman–Crippen MR) is 206 cm³/mol. The number of amides is 1. The molecule has 1 amide bonds. The number of thioether (sulfide) groups is 1. The molecule has 1 atom stereocenters. The van der Waals surface area contributed by atoms with Crippen molar-refractivity contribution in [1.82, 2.24) is 4.90 Å². The summed E-state index contributed by atoms with van der Waals surface area (Å²) in [5.41, 5.74) is -6.26. The molecule has 4 rings (SSSR count). The average Bonchev–Trinajstić information content (AvgIpc) is 3.10. The van der Waals surface area contributed by atoms with E-state index in [1.807, 2.05) is 61.5 Å². The van der Waals surface area contributed by atoms with Crippen molar-refractivity contribution in [1.29, 1.82) is 0 Å². The highest BCUT2D eigenvalue weighted by atomic mass is 32.2. The summed E-state index contributed by atoms with van der Waals surface area (Å²) in [5.74, 6) is -0.194. The molecule has 0 radical (unpaired) electrons. The van der Waals surface area contributed by atoms with Crippen molar-refractivity contribution in [3.8, 4) is 0 Å². The fourth-order valence-electron chi connectivity index (χ4n) is 6.10. The van der Waals surface area contributed by atoms with Gasteiger partial charge < -0.3 is 14.6 Å². The first kappa shape index (κ1) is 42.1. The molecule has 286 valence electrons. The summed E-state index contributed by atoms with van der Waals surface area (Å²) in [6.45, 7) is 8.96. The summed E-state index contributed by atoms with van der Waals surface area (Å²) in [7, 11) is -13.5. The molecule has 3 N–H and O–H groups in total. The molecule has 16 heteroatoms. The number of rotatable bonds is 16. The minimum absolute atomic E-state index is 0.147. The van der Waals surface area contributed by atoms with Gasteiger partial charge in [0, 0.05) is 36.2 Å². The Morgan fingerprint density at radius 1 is 0.868 bits per heavy atom. The Kier molecular flexibility index (Phi) is 13.7. The average molecular weight is 808 g/mol. The number of alkyl halides is 3. The lowest BCUT2D eigenvalue weighted by molar-refractivity contribution is -0.131. The van der Waals surface area contributed by atoms with Crippen LogP contribution in [-0.2, 0) is 29.1 Å². The van der Waals surface area contributed by atoms with Crippen molar-refractivity contribution in [2.45, 2.75) is 65.4 Å². The number of likely N-dealkylation sites (N-methyl/N-ethyl adjacent to an activating group) is 1. The molecule has 0 aromatic heterocycles. The van der Waals surface area contributed by atoms with Gasteiger partial charge >= 0.3 is 5.51 Å². The number of anilines is 1. The molecule has 4 aromatic carbocycles. The maximum absolute atomic E-state index is 13.9. The van der Waals surface area contributed by atoms with Crippen LogP contribution in [0.3, 0.4) is 0 Å². The predicted octanol–water partition coefficient (Wildman–Crippen LogP) is 6.02. The number of nitrogens with zero attached hydrogens (tertiary/aromatic N) is 1. The molecular formula is C37H44F3N3O6S3Si. The van der Waals surface area contributed by atoms with E-state index >= 15 is 0 Å². The molecule has 4 aromatic rings. The van der Waals surface area contributed by atoms with E-state index < -0.39 is 55.2 Å². The van der Waals surface area contributed by atoms with Gasteiger partial charge in [-0.3, -0.25) is 4.79 Å². The maximum Gasteiger partial charge on any atom is 0.501 e. The monoisotopic (exact) mass is 807 g/mol. The van der Waals surface area contributed by atoms with Gasteiger partial charge in [0.1, 0.15) is 4.90 Å². The summed E-state index contributed by atoms with van der Waals surface area (Å²) in [6, 6.07) is 30.5. The third-order valence-electron chi connectivity index (χ3n) is 8.68. The van der Waals surface area contributed by atoms with E-state index in [0.29, 0.717) is 12.6 Å². The van der Waals surface area contributed by atoms with Crippen LogP contribution >= 0.6 is 11.8 Å². The number of hydrogen-bond donors (Lipinski definition) is 2. The van der Waals surface area contributed by atoms with Gasteiger partial charge in [-0.25, -0.2) is 22.0 Å². The third kappa shape index (κ3) is 10.1. The number of carbonyl (C=O) groups is 1. The van der Waals surface area contributed by atoms with Crippen molar-refractivity contribution in [2.24, 2.45) is 5.14 Å². The van der Waals surface area contributed by atoms with Gasteiger partial charge in [0.15, 0.2) is 0 Å². The fourth-order valence-corrected chi connectivity index (χ4v) is 13.2. The second-order valence-corrected chi connectivity index (χ2v) is 22.2. The molecule has 0 saturated carbocycles. The number of sulfone groups is 1. The van der Waals surface area contributed by atoms with Crippen molar-refractivity contribution in [3.05, 3.63) is 109 Å². The molecule has 0 aliphatic rings. The van der Waals surface area contributed by atoms with Crippen molar-refractivity contribution >= 4 is 61.9 Å². The number of hydrogen-bond acceptors (Lipinski definition) is 8. The highest BCUT2D eigenvalue weighted by molar-refractivity contribution is 7.99. The molecule has 53 heavy (non-hydrogen) atoms. The Balaban J connectivity index is 1.64. The Morgan fingerprint density at radius 3 is 1.87 bits per heavy atom. The number of primary sulfonamides is 1. The van der Waals surface area contributed by atoms with E-state index in [9.17, 15) is 34.8 Å². The molecule has 0 saturated heterocycles. The smallest absolute Gasteiger partial charge is 0.406 e. The van der Waals surface area contributed by atoms with Crippen LogP contribution in [0.4, 0.5) is 18.9 Å². The van der Waals surface area contributed by atoms with Crippen LogP contribution in [0.15, 0.2) is 124 Å². The lowest BCUT2D eigenvalue weighted by Gasteiger charge is -2.43. The van der Waals surface area contributed by atoms with Gasteiger partial charge in [-0.1, -0.05) is 99.6 Å². The summed E-state index contributed by atoms with van der Waals surface area (Å²) in [5, 5.41) is 9.80. The van der Waals surface area contributed by atoms with Gasteiger partial charge in [-0.15, -0.1) is 11.8 Å². The Hall–Kier alpha value is -3.67. The van der Waals surface area contributed by atoms with Crippen molar-refractivity contribution in [2.75, 3.05) is 30.8 Å². The summed E-state index contributed by atoms with van der Waals surface area (Å²) in [4.78, 5) is 14.2. The van der Waals surface area contributed by atoms with Crippen molar-refractivity contribution < 1.29 is 39.2 Å². The summed E-state index contributed by atoms with van der Waals surface area (Å²) >= 11 is 1.31. The summed E-state index contributed by atoms with van der Waals surface area (Å²) in [6.07, 6.45) is -0.227. The second kappa shape index (κ2) is 17.2. The molecule has 0 spiro atoms. The van der Waals surface area contributed by atoms with Crippen LogP contribution in [0.2, 0.25) is 5.04 Å². The summed E-state index contributed by atoms with van der Waals surface area (Å²) < 4.78 is 97.8. The number of carbonyl (C=O) groups excluding carboxylic acids is 1. The largest absolute Gasteiger partial charge is 0.501 e. The van der Waals surface area contributed by atoms with Crippen LogP contribution in [0.5, 0.6) is 0 Å². The molecule has 0 fully saturated rings. The second-order valence-electron chi connectivity index (χ2n) is 13.3. The van der Waals surface area contributed by atoms with Crippen LogP contribution in [-0.4, -0.2) is 73.0 Å². The van der Waals surface area contributed by atoms with Crippen LogP contribution in [0.25, 0.3) is 0 Å². The normalized spacial score (nSPS) is 13.4. The highest BCUT2D eigenvalue weighted by Gasteiger charge is 2.50. The first-order chi connectivity index (χ1) is 24.8. The zero-order chi connectivity index (χ0) is 39.1. The molecule has 0 aliphatic carbocycles. The quantitative estimate of drug-likeness (QED) is 0.104. The Labute approximate surface area is 315 Å². The van der Waals surface area contributed by atoms with Gasteiger partial charge in [-0.05, 0) is 52.7 Å². The molecule has 0 heterocycles. The van der Waals surface area contributed by atoms with Crippen molar-refractivity contribution in [3.63, 3.8) is 0 Å². The van der Waals surface area contributed by atoms with E-state index in [1.165, 1.54) is 11.8 Å². The van der Waals surface area contributed by atoms with E-state index in [2.05, 4.69) is 50.4 Å². The number of sulfonamides is 1. The van der Waals surface area contributed by atoms with E-state index in [-0.39, 0.29) is 36.3 Å². The first-order valence-electron chi connectivity index (χ1n) is 16.8. The Bertz CT molecular complexity index is 2010. The number of nitrogens with one attached hydrogen (secondary N) is 1. The van der Waals surface area contributed by atoms with Gasteiger partial charge in [0.25, 0.3) is 18.2 Å². The third-order valence-corrected chi connectivity index (χ3v) is 17.3. The minimum atomic E-state index is -6.03. The van der Waals surface area contributed by atoms with Gasteiger partial charge in [0.05, 0.1) is 17.2 Å². The SMILES string of the molecule is CCN(CCO[Si](c1ccccc1)(c1ccccc1)C(C)(C)C)C(=O)CC(CSc1ccccc1)Nc1ccc(S(N)(=O)=O)cc1S(=O)(=O)C(F)(F)F. The van der Waals surface area contributed by atoms with Gasteiger partial charge in [-0.2, -0.15) is 13.2 Å². The molecule has 0 bridgehead atoms. The number of benzene rings is 4. The lowest BCUT2D eigenvalue weighted by Crippen LogP contribution is -2.67. The van der Waals surface area contributed by atoms with E-state index in [1.54, 1.807) is 17.0 Å². The van der Waals surface area contributed by atoms with E-state index in [4.69, 9.17) is 9.56 Å². The number of halogens is 3. The lowest BCUT2D eigenvalue weighted by atomic mass is 10.2. The van der Waals surface area contributed by atoms with E-state index in [0.717, 1.165) is 27.4 Å². The molecule has 9 nitrogen and oxygen atoms in total. The zero-order valence-corrected chi connectivity index (χ0v) is 33.3. The van der Waals surface area contributed by atoms with Crippen LogP contribution in [0, 0.1) is 0 Å². The topological polar surface area (TPSA) is 136 Å². The van der Waals surface area contributed by atoms with Crippen LogP contribution < -0.4 is 20.8 Å². The molecular weight excluding hydrogens is 764 g/mol.